The van der Waals surface area contributed by atoms with Crippen LogP contribution in [0, 0.1) is 6.92 Å². The standard InChI is InChI=1S/C14H19ClN2O4S/c1-9-4-6-11(7-5-9)22(20)17-10(2)13(14(19)21-3)16-12(18)8-15/h4-7,10,13,17H,8H2,1-3H3,(H,16,18)/t10-,13+,22+/m1/s1. The number of carbonyl (C=O) groups excluding carboxylic acids is 2. The van der Waals surface area contributed by atoms with Crippen molar-refractivity contribution in [2.24, 2.45) is 0 Å². The van der Waals surface area contributed by atoms with E-state index >= 15 is 0 Å². The molecule has 1 aromatic rings. The predicted molar refractivity (Wildman–Crippen MR) is 84.9 cm³/mol. The molecule has 0 aliphatic rings. The number of nitrogens with one attached hydrogen (secondary N) is 2. The predicted octanol–water partition coefficient (Wildman–Crippen LogP) is 0.892. The van der Waals surface area contributed by atoms with Crippen LogP contribution in [0.1, 0.15) is 12.5 Å². The fraction of sp³-hybridized carbons (Fsp3) is 0.429. The van der Waals surface area contributed by atoms with Crippen molar-refractivity contribution in [3.63, 3.8) is 0 Å². The van der Waals surface area contributed by atoms with Crippen LogP contribution in [0.4, 0.5) is 0 Å². The van der Waals surface area contributed by atoms with Gasteiger partial charge in [-0.2, -0.15) is 0 Å². The Balaban J connectivity index is 2.79. The van der Waals surface area contributed by atoms with Gasteiger partial charge in [0.1, 0.15) is 22.9 Å². The second-order valence-corrected chi connectivity index (χ2v) is 6.20. The van der Waals surface area contributed by atoms with Crippen LogP contribution >= 0.6 is 11.6 Å². The Morgan fingerprint density at radius 1 is 1.32 bits per heavy atom. The van der Waals surface area contributed by atoms with Gasteiger partial charge >= 0.3 is 5.97 Å². The highest BCUT2D eigenvalue weighted by Gasteiger charge is 2.28. The van der Waals surface area contributed by atoms with E-state index in [4.69, 9.17) is 11.6 Å². The number of esters is 1. The van der Waals surface area contributed by atoms with Gasteiger partial charge < -0.3 is 10.1 Å². The van der Waals surface area contributed by atoms with Gasteiger partial charge in [-0.25, -0.2) is 13.7 Å². The minimum Gasteiger partial charge on any atom is -0.467 e. The Labute approximate surface area is 137 Å². The second kappa shape index (κ2) is 8.87. The minimum atomic E-state index is -1.52. The SMILES string of the molecule is COC(=O)[C@@H](NC(=O)CCl)[C@@H](C)N[S@@](=O)c1ccc(C)cc1. The maximum absolute atomic E-state index is 12.2. The first-order valence-electron chi connectivity index (χ1n) is 6.56. The zero-order valence-corrected chi connectivity index (χ0v) is 14.2. The molecule has 0 aliphatic carbocycles. The number of halogens is 1. The van der Waals surface area contributed by atoms with Crippen molar-refractivity contribution < 1.29 is 18.5 Å². The van der Waals surface area contributed by atoms with Crippen LogP contribution in [-0.2, 0) is 25.3 Å². The highest BCUT2D eigenvalue weighted by molar-refractivity contribution is 7.83. The molecular weight excluding hydrogens is 328 g/mol. The van der Waals surface area contributed by atoms with E-state index in [1.807, 2.05) is 19.1 Å². The summed E-state index contributed by atoms with van der Waals surface area (Å²) >= 11 is 5.42. The average Bonchev–Trinajstić information content (AvgIpc) is 2.51. The molecule has 6 nitrogen and oxygen atoms in total. The van der Waals surface area contributed by atoms with Crippen LogP contribution in [0.2, 0.25) is 0 Å². The zero-order chi connectivity index (χ0) is 16.7. The van der Waals surface area contributed by atoms with Crippen molar-refractivity contribution in [2.75, 3.05) is 13.0 Å². The minimum absolute atomic E-state index is 0.277. The van der Waals surface area contributed by atoms with Gasteiger partial charge in [0.05, 0.1) is 12.0 Å². The van der Waals surface area contributed by atoms with Gasteiger partial charge in [0, 0.05) is 6.04 Å². The fourth-order valence-electron chi connectivity index (χ4n) is 1.69. The molecule has 0 bridgehead atoms. The van der Waals surface area contributed by atoms with Crippen molar-refractivity contribution >= 4 is 34.5 Å². The number of aryl methyl sites for hydroxylation is 1. The molecule has 2 N–H and O–H groups in total. The Kier molecular flexibility index (Phi) is 7.50. The van der Waals surface area contributed by atoms with Crippen molar-refractivity contribution in [3.8, 4) is 0 Å². The van der Waals surface area contributed by atoms with Crippen molar-refractivity contribution in [1.29, 1.82) is 0 Å². The number of hydrogen-bond acceptors (Lipinski definition) is 4. The molecule has 8 heteroatoms. The molecule has 0 fully saturated rings. The van der Waals surface area contributed by atoms with E-state index in [1.165, 1.54) is 7.11 Å². The second-order valence-electron chi connectivity index (χ2n) is 4.69. The van der Waals surface area contributed by atoms with Crippen molar-refractivity contribution in [2.45, 2.75) is 30.8 Å². The first kappa shape index (κ1) is 18.6. The van der Waals surface area contributed by atoms with Crippen molar-refractivity contribution in [3.05, 3.63) is 29.8 Å². The lowest BCUT2D eigenvalue weighted by Gasteiger charge is -2.23. The summed E-state index contributed by atoms with van der Waals surface area (Å²) in [5.41, 5.74) is 1.05. The number of rotatable bonds is 7. The average molecular weight is 347 g/mol. The first-order chi connectivity index (χ1) is 10.4. The molecule has 22 heavy (non-hydrogen) atoms. The third-order valence-electron chi connectivity index (χ3n) is 2.92. The van der Waals surface area contributed by atoms with Gasteiger partial charge in [0.15, 0.2) is 0 Å². The molecule has 122 valence electrons. The first-order valence-corrected chi connectivity index (χ1v) is 8.25. The summed E-state index contributed by atoms with van der Waals surface area (Å²) in [7, 11) is -0.306. The molecule has 0 aliphatic heterocycles. The van der Waals surface area contributed by atoms with E-state index < -0.39 is 34.9 Å². The van der Waals surface area contributed by atoms with Crippen LogP contribution in [0.3, 0.4) is 0 Å². The number of ether oxygens (including phenoxy) is 1. The molecule has 3 atom stereocenters. The number of alkyl halides is 1. The highest BCUT2D eigenvalue weighted by Crippen LogP contribution is 2.08. The number of carbonyl (C=O) groups is 2. The number of benzene rings is 1. The summed E-state index contributed by atoms with van der Waals surface area (Å²) in [4.78, 5) is 23.7. The fourth-order valence-corrected chi connectivity index (χ4v) is 2.76. The summed E-state index contributed by atoms with van der Waals surface area (Å²) < 4.78 is 19.7. The van der Waals surface area contributed by atoms with Gasteiger partial charge in [-0.05, 0) is 26.0 Å². The summed E-state index contributed by atoms with van der Waals surface area (Å²) in [5, 5.41) is 2.44. The number of amides is 1. The largest absolute Gasteiger partial charge is 0.467 e. The van der Waals surface area contributed by atoms with E-state index in [0.29, 0.717) is 4.90 Å². The van der Waals surface area contributed by atoms with Crippen LogP contribution < -0.4 is 10.0 Å². The third kappa shape index (κ3) is 5.40. The van der Waals surface area contributed by atoms with E-state index in [-0.39, 0.29) is 5.88 Å². The molecule has 0 aromatic heterocycles. The molecule has 0 unspecified atom stereocenters. The Bertz CT molecular complexity index is 550. The molecular formula is C14H19ClN2O4S. The molecule has 0 saturated carbocycles. The number of hydrogen-bond donors (Lipinski definition) is 2. The zero-order valence-electron chi connectivity index (χ0n) is 12.6. The van der Waals surface area contributed by atoms with Crippen LogP contribution in [0.25, 0.3) is 0 Å². The van der Waals surface area contributed by atoms with Gasteiger partial charge in [0.25, 0.3) is 0 Å². The molecule has 1 rings (SSSR count). The molecule has 1 amide bonds. The molecule has 0 radical (unpaired) electrons. The Morgan fingerprint density at radius 3 is 2.41 bits per heavy atom. The van der Waals surface area contributed by atoms with E-state index in [0.717, 1.165) is 5.56 Å². The normalized spacial score (nSPS) is 14.7. The molecule has 1 aromatic carbocycles. The summed E-state index contributed by atoms with van der Waals surface area (Å²) in [5.74, 6) is -1.42. The van der Waals surface area contributed by atoms with E-state index in [1.54, 1.807) is 19.1 Å². The van der Waals surface area contributed by atoms with Gasteiger partial charge in [-0.3, -0.25) is 4.79 Å². The molecule has 0 spiro atoms. The van der Waals surface area contributed by atoms with Crippen LogP contribution in [-0.4, -0.2) is 41.2 Å². The van der Waals surface area contributed by atoms with Crippen LogP contribution in [0.5, 0.6) is 0 Å². The summed E-state index contributed by atoms with van der Waals surface area (Å²) in [6, 6.07) is 5.55. The molecule has 0 heterocycles. The lowest BCUT2D eigenvalue weighted by molar-refractivity contribution is -0.145. The Hall–Kier alpha value is -1.44. The lowest BCUT2D eigenvalue weighted by Crippen LogP contribution is -2.54. The maximum atomic E-state index is 12.2. The van der Waals surface area contributed by atoms with Gasteiger partial charge in [0.2, 0.25) is 5.91 Å². The van der Waals surface area contributed by atoms with Gasteiger partial charge in [-0.1, -0.05) is 17.7 Å². The quantitative estimate of drug-likeness (QED) is 0.567. The van der Waals surface area contributed by atoms with E-state index in [2.05, 4.69) is 14.8 Å². The third-order valence-corrected chi connectivity index (χ3v) is 4.45. The summed E-state index contributed by atoms with van der Waals surface area (Å²) in [6.07, 6.45) is 0. The Morgan fingerprint density at radius 2 is 1.91 bits per heavy atom. The maximum Gasteiger partial charge on any atom is 0.330 e. The lowest BCUT2D eigenvalue weighted by atomic mass is 10.1. The van der Waals surface area contributed by atoms with E-state index in [9.17, 15) is 13.8 Å². The monoisotopic (exact) mass is 346 g/mol. The topological polar surface area (TPSA) is 84.5 Å². The summed E-state index contributed by atoms with van der Waals surface area (Å²) in [6.45, 7) is 3.56. The van der Waals surface area contributed by atoms with Crippen molar-refractivity contribution in [1.82, 2.24) is 10.0 Å². The number of methoxy groups -OCH3 is 1. The highest BCUT2D eigenvalue weighted by atomic mass is 35.5. The molecule has 0 saturated heterocycles. The smallest absolute Gasteiger partial charge is 0.330 e. The van der Waals surface area contributed by atoms with Gasteiger partial charge in [-0.15, -0.1) is 11.6 Å². The van der Waals surface area contributed by atoms with Crippen LogP contribution in [0.15, 0.2) is 29.2 Å².